The minimum absolute atomic E-state index is 0. The van der Waals surface area contributed by atoms with E-state index in [1.54, 1.807) is 0 Å². The molecule has 0 heterocycles. The second kappa shape index (κ2) is 12.4. The smallest absolute Gasteiger partial charge is 0.191 e. The van der Waals surface area contributed by atoms with E-state index in [0.717, 1.165) is 36.8 Å². The summed E-state index contributed by atoms with van der Waals surface area (Å²) in [6.45, 7) is 10.1. The second-order valence-corrected chi connectivity index (χ2v) is 5.40. The summed E-state index contributed by atoms with van der Waals surface area (Å²) in [6, 6.07) is 7.51. The summed E-state index contributed by atoms with van der Waals surface area (Å²) in [5.41, 5.74) is 0.839. The molecule has 132 valence electrons. The Balaban J connectivity index is 0.00000484. The zero-order chi connectivity index (χ0) is 16.4. The van der Waals surface area contributed by atoms with Crippen LogP contribution < -0.4 is 15.4 Å². The van der Waals surface area contributed by atoms with Crippen LogP contribution in [0, 0.1) is 0 Å². The normalized spacial score (nSPS) is 12.5. The topological polar surface area (TPSA) is 65.9 Å². The van der Waals surface area contributed by atoms with Crippen LogP contribution in [0.15, 0.2) is 29.3 Å². The highest BCUT2D eigenvalue weighted by molar-refractivity contribution is 14.0. The highest BCUT2D eigenvalue weighted by Gasteiger charge is 2.08. The van der Waals surface area contributed by atoms with E-state index in [0.29, 0.717) is 6.54 Å². The molecule has 23 heavy (non-hydrogen) atoms. The number of ether oxygens (including phenoxy) is 1. The molecule has 0 aliphatic heterocycles. The Bertz CT molecular complexity index is 450. The van der Waals surface area contributed by atoms with Crippen molar-refractivity contribution in [1.82, 2.24) is 10.6 Å². The third kappa shape index (κ3) is 9.00. The lowest BCUT2D eigenvalue weighted by Crippen LogP contribution is -2.37. The summed E-state index contributed by atoms with van der Waals surface area (Å²) in [7, 11) is 0. The number of aliphatic imine (C=N–C) groups is 1. The van der Waals surface area contributed by atoms with Gasteiger partial charge in [0.2, 0.25) is 0 Å². The van der Waals surface area contributed by atoms with E-state index in [9.17, 15) is 5.11 Å². The molecule has 1 unspecified atom stereocenters. The second-order valence-electron chi connectivity index (χ2n) is 5.40. The first kappa shape index (κ1) is 22.0. The number of aliphatic hydroxyl groups is 1. The van der Waals surface area contributed by atoms with Crippen molar-refractivity contribution in [3.63, 3.8) is 0 Å². The molecule has 0 amide bonds. The van der Waals surface area contributed by atoms with Crippen molar-refractivity contribution in [2.45, 2.75) is 46.3 Å². The standard InChI is InChI=1S/C17H29N3O2.HI/c1-5-11-19-17(18-6-2)20-12-16(21)14-7-9-15(10-8-14)22-13(3)4;/h7-10,13,16,21H,5-6,11-12H2,1-4H3,(H2,18,19,20);1H. The van der Waals surface area contributed by atoms with Crippen LogP contribution in [0.2, 0.25) is 0 Å². The fourth-order valence-corrected chi connectivity index (χ4v) is 1.91. The van der Waals surface area contributed by atoms with Gasteiger partial charge in [0, 0.05) is 13.1 Å². The Morgan fingerprint density at radius 1 is 1.17 bits per heavy atom. The Hall–Kier alpha value is -1.02. The van der Waals surface area contributed by atoms with Gasteiger partial charge in [0.15, 0.2) is 5.96 Å². The molecule has 5 nitrogen and oxygen atoms in total. The molecule has 0 saturated heterocycles. The van der Waals surface area contributed by atoms with E-state index in [4.69, 9.17) is 4.74 Å². The fraction of sp³-hybridized carbons (Fsp3) is 0.588. The lowest BCUT2D eigenvalue weighted by Gasteiger charge is -2.14. The van der Waals surface area contributed by atoms with Gasteiger partial charge in [0.05, 0.1) is 18.8 Å². The quantitative estimate of drug-likeness (QED) is 0.334. The zero-order valence-electron chi connectivity index (χ0n) is 14.5. The minimum Gasteiger partial charge on any atom is -0.491 e. The molecule has 6 heteroatoms. The number of hydrogen-bond acceptors (Lipinski definition) is 3. The largest absolute Gasteiger partial charge is 0.491 e. The molecule has 1 rings (SSSR count). The van der Waals surface area contributed by atoms with Gasteiger partial charge in [-0.3, -0.25) is 4.99 Å². The zero-order valence-corrected chi connectivity index (χ0v) is 16.8. The molecule has 0 aliphatic carbocycles. The number of nitrogens with one attached hydrogen (secondary N) is 2. The summed E-state index contributed by atoms with van der Waals surface area (Å²) in [6.07, 6.45) is 0.558. The molecule has 0 spiro atoms. The van der Waals surface area contributed by atoms with Gasteiger partial charge in [-0.25, -0.2) is 0 Å². The predicted molar refractivity (Wildman–Crippen MR) is 107 cm³/mol. The third-order valence-corrected chi connectivity index (χ3v) is 2.95. The summed E-state index contributed by atoms with van der Waals surface area (Å²) in [5, 5.41) is 16.6. The molecule has 0 radical (unpaired) electrons. The van der Waals surface area contributed by atoms with Crippen molar-refractivity contribution < 1.29 is 9.84 Å². The van der Waals surface area contributed by atoms with Crippen LogP contribution in [0.1, 0.15) is 45.8 Å². The molecule has 1 atom stereocenters. The van der Waals surface area contributed by atoms with E-state index in [2.05, 4.69) is 22.5 Å². The van der Waals surface area contributed by atoms with E-state index in [1.807, 2.05) is 45.0 Å². The van der Waals surface area contributed by atoms with E-state index in [-0.39, 0.29) is 30.1 Å². The molecule has 1 aromatic carbocycles. The first-order valence-corrected chi connectivity index (χ1v) is 8.03. The maximum Gasteiger partial charge on any atom is 0.191 e. The van der Waals surface area contributed by atoms with E-state index in [1.165, 1.54) is 0 Å². The highest BCUT2D eigenvalue weighted by Crippen LogP contribution is 2.18. The number of benzene rings is 1. The maximum absolute atomic E-state index is 10.2. The van der Waals surface area contributed by atoms with Gasteiger partial charge < -0.3 is 20.5 Å². The Morgan fingerprint density at radius 3 is 2.35 bits per heavy atom. The van der Waals surface area contributed by atoms with Crippen molar-refractivity contribution in [3.05, 3.63) is 29.8 Å². The Morgan fingerprint density at radius 2 is 1.83 bits per heavy atom. The van der Waals surface area contributed by atoms with E-state index < -0.39 is 6.10 Å². The average molecular weight is 435 g/mol. The van der Waals surface area contributed by atoms with Gasteiger partial charge >= 0.3 is 0 Å². The monoisotopic (exact) mass is 435 g/mol. The summed E-state index contributed by atoms with van der Waals surface area (Å²) < 4.78 is 5.59. The van der Waals surface area contributed by atoms with Gasteiger partial charge in [0.25, 0.3) is 0 Å². The minimum atomic E-state index is -0.620. The van der Waals surface area contributed by atoms with Gasteiger partial charge in [-0.1, -0.05) is 19.1 Å². The molecule has 0 aliphatic rings. The summed E-state index contributed by atoms with van der Waals surface area (Å²) in [5.74, 6) is 1.55. The molecule has 0 saturated carbocycles. The van der Waals surface area contributed by atoms with Crippen LogP contribution in [0.25, 0.3) is 0 Å². The lowest BCUT2D eigenvalue weighted by atomic mass is 10.1. The maximum atomic E-state index is 10.2. The van der Waals surface area contributed by atoms with Crippen molar-refractivity contribution in [2.24, 2.45) is 4.99 Å². The van der Waals surface area contributed by atoms with Gasteiger partial charge in [0.1, 0.15) is 5.75 Å². The Labute approximate surface area is 156 Å². The third-order valence-electron chi connectivity index (χ3n) is 2.95. The van der Waals surface area contributed by atoms with Gasteiger partial charge in [-0.05, 0) is 44.9 Å². The molecule has 1 aromatic rings. The number of nitrogens with zero attached hydrogens (tertiary/aromatic N) is 1. The number of rotatable bonds is 8. The molecule has 0 bridgehead atoms. The number of aliphatic hydroxyl groups excluding tert-OH is 1. The Kier molecular flexibility index (Phi) is 11.9. The van der Waals surface area contributed by atoms with Crippen molar-refractivity contribution in [1.29, 1.82) is 0 Å². The summed E-state index contributed by atoms with van der Waals surface area (Å²) in [4.78, 5) is 4.41. The number of guanidine groups is 1. The first-order chi connectivity index (χ1) is 10.6. The first-order valence-electron chi connectivity index (χ1n) is 8.03. The molecule has 0 fully saturated rings. The van der Waals surface area contributed by atoms with Gasteiger partial charge in [-0.15, -0.1) is 24.0 Å². The van der Waals surface area contributed by atoms with Crippen molar-refractivity contribution in [2.75, 3.05) is 19.6 Å². The lowest BCUT2D eigenvalue weighted by molar-refractivity contribution is 0.186. The number of halogens is 1. The molecule has 0 aromatic heterocycles. The SMILES string of the molecule is CCCNC(=NCC(O)c1ccc(OC(C)C)cc1)NCC.I. The van der Waals surface area contributed by atoms with Crippen LogP contribution in [-0.2, 0) is 0 Å². The van der Waals surface area contributed by atoms with E-state index >= 15 is 0 Å². The van der Waals surface area contributed by atoms with Crippen LogP contribution in [0.4, 0.5) is 0 Å². The predicted octanol–water partition coefficient (Wildman–Crippen LogP) is 3.09. The van der Waals surface area contributed by atoms with Crippen LogP contribution >= 0.6 is 24.0 Å². The van der Waals surface area contributed by atoms with Crippen LogP contribution in [-0.4, -0.2) is 36.8 Å². The van der Waals surface area contributed by atoms with Crippen molar-refractivity contribution >= 4 is 29.9 Å². The fourth-order valence-electron chi connectivity index (χ4n) is 1.91. The summed E-state index contributed by atoms with van der Waals surface area (Å²) >= 11 is 0. The average Bonchev–Trinajstić information content (AvgIpc) is 2.50. The van der Waals surface area contributed by atoms with Crippen LogP contribution in [0.5, 0.6) is 5.75 Å². The van der Waals surface area contributed by atoms with Crippen LogP contribution in [0.3, 0.4) is 0 Å². The number of hydrogen-bond donors (Lipinski definition) is 3. The molecular formula is C17H30IN3O2. The molecule has 3 N–H and O–H groups in total. The highest BCUT2D eigenvalue weighted by atomic mass is 127. The molecular weight excluding hydrogens is 405 g/mol. The van der Waals surface area contributed by atoms with Gasteiger partial charge in [-0.2, -0.15) is 0 Å². The van der Waals surface area contributed by atoms with Crippen molar-refractivity contribution in [3.8, 4) is 5.75 Å².